The van der Waals surface area contributed by atoms with Crippen LogP contribution in [0.25, 0.3) is 0 Å². The number of anilines is 1. The molecule has 8 heteroatoms. The van der Waals surface area contributed by atoms with Gasteiger partial charge in [0.1, 0.15) is 5.75 Å². The molecule has 2 rings (SSSR count). The summed E-state index contributed by atoms with van der Waals surface area (Å²) in [6.45, 7) is -0.582. The molecule has 7 nitrogen and oxygen atoms in total. The molecule has 1 aliphatic rings. The number of carbonyl (C=O) groups excluding carboxylic acids is 3. The number of rotatable bonds is 7. The van der Waals surface area contributed by atoms with E-state index in [0.717, 1.165) is 12.8 Å². The maximum absolute atomic E-state index is 12.2. The number of ether oxygens (including phenoxy) is 2. The third kappa shape index (κ3) is 6.29. The number of nitrogens with one attached hydrogen (secondary N) is 1. The molecule has 1 N–H and O–H groups in total. The van der Waals surface area contributed by atoms with Crippen LogP contribution < -0.4 is 10.1 Å². The van der Waals surface area contributed by atoms with E-state index in [2.05, 4.69) is 5.32 Å². The summed E-state index contributed by atoms with van der Waals surface area (Å²) in [5, 5.41) is 3.09. The van der Waals surface area contributed by atoms with Crippen molar-refractivity contribution in [3.05, 3.63) is 35.4 Å². The molecule has 1 aromatic rings. The first kappa shape index (κ1) is 20.8. The lowest BCUT2D eigenvalue weighted by molar-refractivity contribution is -0.155. The Morgan fingerprint density at radius 3 is 2.74 bits per heavy atom. The van der Waals surface area contributed by atoms with Crippen LogP contribution in [0.5, 0.6) is 5.75 Å². The molecule has 27 heavy (non-hydrogen) atoms. The predicted molar refractivity (Wildman–Crippen MR) is 102 cm³/mol. The molecule has 0 unspecified atom stereocenters. The Hall–Kier alpha value is -2.54. The zero-order valence-corrected chi connectivity index (χ0v) is 16.1. The number of benzene rings is 1. The number of methoxy groups -OCH3 is 1. The van der Waals surface area contributed by atoms with Gasteiger partial charge in [0.25, 0.3) is 5.91 Å². The van der Waals surface area contributed by atoms with Crippen LogP contribution in [-0.2, 0) is 19.1 Å². The summed E-state index contributed by atoms with van der Waals surface area (Å²) >= 11 is 5.92. The van der Waals surface area contributed by atoms with Crippen molar-refractivity contribution >= 4 is 35.1 Å². The number of likely N-dealkylation sites (N-methyl/N-ethyl adjacent to an activating group) is 1. The van der Waals surface area contributed by atoms with Crippen molar-refractivity contribution in [2.75, 3.05) is 32.6 Å². The average molecular weight is 395 g/mol. The molecule has 0 saturated carbocycles. The number of nitrogens with zero attached hydrogens (tertiary/aromatic N) is 1. The first-order chi connectivity index (χ1) is 12.9. The second-order valence-corrected chi connectivity index (χ2v) is 6.67. The predicted octanol–water partition coefficient (Wildman–Crippen LogP) is 2.65. The molecule has 0 heterocycles. The van der Waals surface area contributed by atoms with Gasteiger partial charge < -0.3 is 19.7 Å². The van der Waals surface area contributed by atoms with Gasteiger partial charge in [-0.3, -0.25) is 14.4 Å². The Labute approximate surface area is 163 Å². The van der Waals surface area contributed by atoms with E-state index in [0.29, 0.717) is 22.9 Å². The molecule has 0 bridgehead atoms. The van der Waals surface area contributed by atoms with Crippen LogP contribution in [0.3, 0.4) is 0 Å². The van der Waals surface area contributed by atoms with Crippen molar-refractivity contribution in [1.82, 2.24) is 4.90 Å². The SMILES string of the molecule is COc1ccc(Cl)cc1NC(=O)CN(C)C(=O)COC(=O)[C@@H]1CC=CCC1. The van der Waals surface area contributed by atoms with Gasteiger partial charge in [0.05, 0.1) is 25.3 Å². The van der Waals surface area contributed by atoms with E-state index in [9.17, 15) is 14.4 Å². The number of allylic oxidation sites excluding steroid dienone is 2. The minimum Gasteiger partial charge on any atom is -0.495 e. The monoisotopic (exact) mass is 394 g/mol. The van der Waals surface area contributed by atoms with E-state index in [1.54, 1.807) is 18.2 Å². The zero-order chi connectivity index (χ0) is 19.8. The maximum atomic E-state index is 12.2. The lowest BCUT2D eigenvalue weighted by Crippen LogP contribution is -2.38. The van der Waals surface area contributed by atoms with Gasteiger partial charge in [-0.05, 0) is 37.5 Å². The van der Waals surface area contributed by atoms with Gasteiger partial charge in [-0.15, -0.1) is 0 Å². The van der Waals surface area contributed by atoms with Gasteiger partial charge in [-0.1, -0.05) is 23.8 Å². The van der Waals surface area contributed by atoms with Crippen LogP contribution in [0.1, 0.15) is 19.3 Å². The number of esters is 1. The minimum absolute atomic E-state index is 0.196. The Morgan fingerprint density at radius 2 is 2.07 bits per heavy atom. The fourth-order valence-corrected chi connectivity index (χ4v) is 2.81. The number of amides is 2. The molecular weight excluding hydrogens is 372 g/mol. The summed E-state index contributed by atoms with van der Waals surface area (Å²) in [5.74, 6) is -1.00. The third-order valence-corrected chi connectivity index (χ3v) is 4.42. The van der Waals surface area contributed by atoms with Crippen LogP contribution >= 0.6 is 11.6 Å². The van der Waals surface area contributed by atoms with Crippen LogP contribution in [-0.4, -0.2) is 50.0 Å². The highest BCUT2D eigenvalue weighted by Crippen LogP contribution is 2.27. The Kier molecular flexibility index (Phi) is 7.67. The van der Waals surface area contributed by atoms with Crippen molar-refractivity contribution in [3.8, 4) is 5.75 Å². The maximum Gasteiger partial charge on any atom is 0.309 e. The van der Waals surface area contributed by atoms with Gasteiger partial charge in [0.2, 0.25) is 5.91 Å². The molecule has 0 aliphatic heterocycles. The number of hydrogen-bond donors (Lipinski definition) is 1. The number of halogens is 1. The Balaban J connectivity index is 1.81. The van der Waals surface area contributed by atoms with Gasteiger partial charge in [0, 0.05) is 12.1 Å². The van der Waals surface area contributed by atoms with Crippen molar-refractivity contribution in [2.45, 2.75) is 19.3 Å². The molecule has 1 aliphatic carbocycles. The summed E-state index contributed by atoms with van der Waals surface area (Å²) in [7, 11) is 2.94. The smallest absolute Gasteiger partial charge is 0.309 e. The Bertz CT molecular complexity index is 735. The number of carbonyl (C=O) groups is 3. The molecule has 0 saturated heterocycles. The van der Waals surface area contributed by atoms with Crippen LogP contribution in [0.4, 0.5) is 5.69 Å². The Morgan fingerprint density at radius 1 is 1.30 bits per heavy atom. The highest BCUT2D eigenvalue weighted by atomic mass is 35.5. The lowest BCUT2D eigenvalue weighted by Gasteiger charge is -2.19. The van der Waals surface area contributed by atoms with Gasteiger partial charge in [-0.25, -0.2) is 0 Å². The van der Waals surface area contributed by atoms with E-state index < -0.39 is 11.8 Å². The van der Waals surface area contributed by atoms with E-state index in [1.165, 1.54) is 19.1 Å². The molecule has 146 valence electrons. The number of hydrogen-bond acceptors (Lipinski definition) is 5. The molecule has 1 atom stereocenters. The lowest BCUT2D eigenvalue weighted by atomic mass is 9.95. The fraction of sp³-hybridized carbons (Fsp3) is 0.421. The van der Waals surface area contributed by atoms with E-state index in [1.807, 2.05) is 12.2 Å². The highest BCUT2D eigenvalue weighted by Gasteiger charge is 2.22. The van der Waals surface area contributed by atoms with E-state index in [4.69, 9.17) is 21.1 Å². The summed E-state index contributed by atoms with van der Waals surface area (Å²) in [6.07, 6.45) is 6.16. The second-order valence-electron chi connectivity index (χ2n) is 6.23. The normalized spacial score (nSPS) is 15.7. The molecule has 0 aromatic heterocycles. The molecular formula is C19H23ClN2O5. The first-order valence-electron chi connectivity index (χ1n) is 8.59. The first-order valence-corrected chi connectivity index (χ1v) is 8.97. The summed E-state index contributed by atoms with van der Waals surface area (Å²) < 4.78 is 10.2. The molecule has 0 spiro atoms. The van der Waals surface area contributed by atoms with Crippen molar-refractivity contribution in [2.24, 2.45) is 5.92 Å². The summed E-state index contributed by atoms with van der Waals surface area (Å²) in [5.41, 5.74) is 0.410. The van der Waals surface area contributed by atoms with Gasteiger partial charge in [0.15, 0.2) is 6.61 Å². The second kappa shape index (κ2) is 9.97. The van der Waals surface area contributed by atoms with Crippen LogP contribution in [0, 0.1) is 5.92 Å². The quantitative estimate of drug-likeness (QED) is 0.567. The van der Waals surface area contributed by atoms with E-state index in [-0.39, 0.29) is 25.0 Å². The summed E-state index contributed by atoms with van der Waals surface area (Å²) in [4.78, 5) is 37.4. The van der Waals surface area contributed by atoms with Crippen LogP contribution in [0.15, 0.2) is 30.4 Å². The molecule has 2 amide bonds. The van der Waals surface area contributed by atoms with Crippen LogP contribution in [0.2, 0.25) is 5.02 Å². The summed E-state index contributed by atoms with van der Waals surface area (Å²) in [6, 6.07) is 4.83. The molecule has 0 radical (unpaired) electrons. The molecule has 1 aromatic carbocycles. The average Bonchev–Trinajstić information content (AvgIpc) is 2.66. The standard InChI is InChI=1S/C19H23ClN2O5/c1-22(18(24)12-27-19(25)13-6-4-3-5-7-13)11-17(23)21-15-10-14(20)8-9-16(15)26-2/h3-4,8-10,13H,5-7,11-12H2,1-2H3,(H,21,23)/t13-/m1/s1. The molecule has 0 fully saturated rings. The van der Waals surface area contributed by atoms with Gasteiger partial charge in [-0.2, -0.15) is 0 Å². The third-order valence-electron chi connectivity index (χ3n) is 4.18. The topological polar surface area (TPSA) is 84.9 Å². The van der Waals surface area contributed by atoms with Gasteiger partial charge >= 0.3 is 5.97 Å². The van der Waals surface area contributed by atoms with Crippen molar-refractivity contribution in [1.29, 1.82) is 0 Å². The zero-order valence-electron chi connectivity index (χ0n) is 15.4. The minimum atomic E-state index is -0.456. The highest BCUT2D eigenvalue weighted by molar-refractivity contribution is 6.31. The van der Waals surface area contributed by atoms with Crippen molar-refractivity contribution < 1.29 is 23.9 Å². The van der Waals surface area contributed by atoms with E-state index >= 15 is 0 Å². The van der Waals surface area contributed by atoms with Crippen molar-refractivity contribution in [3.63, 3.8) is 0 Å². The largest absolute Gasteiger partial charge is 0.495 e. The fourth-order valence-electron chi connectivity index (χ4n) is 2.64.